The van der Waals surface area contributed by atoms with Gasteiger partial charge < -0.3 is 5.32 Å². The van der Waals surface area contributed by atoms with Gasteiger partial charge in [-0.05, 0) is 55.3 Å². The van der Waals surface area contributed by atoms with Gasteiger partial charge in [-0.25, -0.2) is 8.78 Å². The second-order valence-electron chi connectivity index (χ2n) is 5.04. The molecule has 2 rings (SSSR count). The standard InChI is InChI=1S/C17H18ClF2N/c1-3-8-21-11(2)14-6-4-12(9-16(14)18)15-10-13(19)5-7-17(15)20/h4-7,9-11,21H,3,8H2,1-2H3. The molecule has 0 fully saturated rings. The van der Waals surface area contributed by atoms with Crippen LogP contribution in [-0.2, 0) is 0 Å². The van der Waals surface area contributed by atoms with Gasteiger partial charge in [0.05, 0.1) is 0 Å². The molecule has 0 spiro atoms. The highest BCUT2D eigenvalue weighted by atomic mass is 35.5. The van der Waals surface area contributed by atoms with Crippen LogP contribution in [-0.4, -0.2) is 6.54 Å². The summed E-state index contributed by atoms with van der Waals surface area (Å²) in [5.74, 6) is -0.929. The molecule has 1 N–H and O–H groups in total. The number of nitrogens with one attached hydrogen (secondary N) is 1. The molecule has 0 aliphatic heterocycles. The van der Waals surface area contributed by atoms with Crippen molar-refractivity contribution in [2.75, 3.05) is 6.54 Å². The Balaban J connectivity index is 2.32. The van der Waals surface area contributed by atoms with Crippen LogP contribution in [0.25, 0.3) is 11.1 Å². The van der Waals surface area contributed by atoms with E-state index in [1.807, 2.05) is 13.0 Å². The van der Waals surface area contributed by atoms with Crippen molar-refractivity contribution in [3.8, 4) is 11.1 Å². The van der Waals surface area contributed by atoms with Crippen LogP contribution >= 0.6 is 11.6 Å². The van der Waals surface area contributed by atoms with E-state index in [2.05, 4.69) is 12.2 Å². The van der Waals surface area contributed by atoms with Gasteiger partial charge >= 0.3 is 0 Å². The fourth-order valence-electron chi connectivity index (χ4n) is 2.24. The average molecular weight is 310 g/mol. The molecule has 1 nitrogen and oxygen atoms in total. The molecular formula is C17H18ClF2N. The minimum absolute atomic E-state index is 0.115. The summed E-state index contributed by atoms with van der Waals surface area (Å²) < 4.78 is 27.1. The lowest BCUT2D eigenvalue weighted by molar-refractivity contribution is 0.571. The van der Waals surface area contributed by atoms with E-state index < -0.39 is 11.6 Å². The highest BCUT2D eigenvalue weighted by Crippen LogP contribution is 2.30. The third-order valence-corrected chi connectivity index (χ3v) is 3.73. The van der Waals surface area contributed by atoms with Gasteiger partial charge in [0.25, 0.3) is 0 Å². The Morgan fingerprint density at radius 2 is 1.90 bits per heavy atom. The van der Waals surface area contributed by atoms with Gasteiger partial charge in [0.15, 0.2) is 0 Å². The molecule has 0 saturated carbocycles. The maximum Gasteiger partial charge on any atom is 0.131 e. The van der Waals surface area contributed by atoms with Crippen LogP contribution < -0.4 is 5.32 Å². The summed E-state index contributed by atoms with van der Waals surface area (Å²) in [4.78, 5) is 0. The van der Waals surface area contributed by atoms with Gasteiger partial charge in [-0.15, -0.1) is 0 Å². The average Bonchev–Trinajstić information content (AvgIpc) is 2.47. The zero-order valence-electron chi connectivity index (χ0n) is 12.1. The van der Waals surface area contributed by atoms with E-state index in [1.54, 1.807) is 12.1 Å². The Morgan fingerprint density at radius 1 is 1.14 bits per heavy atom. The van der Waals surface area contributed by atoms with Crippen LogP contribution in [0.5, 0.6) is 0 Å². The molecule has 2 aromatic rings. The second kappa shape index (κ2) is 7.01. The maximum atomic E-state index is 13.8. The van der Waals surface area contributed by atoms with E-state index in [0.29, 0.717) is 10.6 Å². The Hall–Kier alpha value is -1.45. The number of halogens is 3. The molecular weight excluding hydrogens is 292 g/mol. The van der Waals surface area contributed by atoms with E-state index in [4.69, 9.17) is 11.6 Å². The maximum absolute atomic E-state index is 13.8. The van der Waals surface area contributed by atoms with Crippen LogP contribution in [0.3, 0.4) is 0 Å². The fraction of sp³-hybridized carbons (Fsp3) is 0.294. The van der Waals surface area contributed by atoms with E-state index in [9.17, 15) is 8.78 Å². The summed E-state index contributed by atoms with van der Waals surface area (Å²) in [5.41, 5.74) is 1.74. The van der Waals surface area contributed by atoms with Crippen LogP contribution in [0.2, 0.25) is 5.02 Å². The molecule has 0 aromatic heterocycles. The zero-order chi connectivity index (χ0) is 15.4. The van der Waals surface area contributed by atoms with Gasteiger partial charge in [0, 0.05) is 16.6 Å². The molecule has 21 heavy (non-hydrogen) atoms. The Kier molecular flexibility index (Phi) is 5.32. The van der Waals surface area contributed by atoms with Gasteiger partial charge in [-0.3, -0.25) is 0 Å². The molecule has 112 valence electrons. The monoisotopic (exact) mass is 309 g/mol. The first-order chi connectivity index (χ1) is 10.0. The van der Waals surface area contributed by atoms with Crippen molar-refractivity contribution >= 4 is 11.6 Å². The van der Waals surface area contributed by atoms with E-state index in [1.165, 1.54) is 6.07 Å². The largest absolute Gasteiger partial charge is 0.310 e. The predicted molar refractivity (Wildman–Crippen MR) is 83.5 cm³/mol. The Labute approximate surface area is 128 Å². The molecule has 0 aliphatic carbocycles. The Bertz CT molecular complexity index is 628. The van der Waals surface area contributed by atoms with Gasteiger partial charge in [0.2, 0.25) is 0 Å². The molecule has 0 aliphatic rings. The highest BCUT2D eigenvalue weighted by Gasteiger charge is 2.12. The highest BCUT2D eigenvalue weighted by molar-refractivity contribution is 6.31. The van der Waals surface area contributed by atoms with Crippen molar-refractivity contribution < 1.29 is 8.78 Å². The molecule has 2 aromatic carbocycles. The van der Waals surface area contributed by atoms with Crippen LogP contribution in [0.15, 0.2) is 36.4 Å². The van der Waals surface area contributed by atoms with E-state index in [0.717, 1.165) is 30.7 Å². The fourth-order valence-corrected chi connectivity index (χ4v) is 2.58. The quantitative estimate of drug-likeness (QED) is 0.785. The summed E-state index contributed by atoms with van der Waals surface area (Å²) in [6.45, 7) is 5.02. The second-order valence-corrected chi connectivity index (χ2v) is 5.44. The zero-order valence-corrected chi connectivity index (χ0v) is 12.8. The van der Waals surface area contributed by atoms with Crippen molar-refractivity contribution in [1.29, 1.82) is 0 Å². The number of hydrogen-bond donors (Lipinski definition) is 1. The third-order valence-electron chi connectivity index (χ3n) is 3.41. The van der Waals surface area contributed by atoms with Crippen LogP contribution in [0.4, 0.5) is 8.78 Å². The molecule has 4 heteroatoms. The van der Waals surface area contributed by atoms with Crippen molar-refractivity contribution in [2.45, 2.75) is 26.3 Å². The first-order valence-electron chi connectivity index (χ1n) is 7.01. The lowest BCUT2D eigenvalue weighted by Gasteiger charge is -2.16. The van der Waals surface area contributed by atoms with Crippen LogP contribution in [0.1, 0.15) is 31.9 Å². The van der Waals surface area contributed by atoms with Crippen LogP contribution in [0, 0.1) is 11.6 Å². The number of rotatable bonds is 5. The first-order valence-corrected chi connectivity index (χ1v) is 7.39. The molecule has 1 unspecified atom stereocenters. The first kappa shape index (κ1) is 15.9. The van der Waals surface area contributed by atoms with Crippen molar-refractivity contribution in [3.63, 3.8) is 0 Å². The number of hydrogen-bond acceptors (Lipinski definition) is 1. The molecule has 0 radical (unpaired) electrons. The van der Waals surface area contributed by atoms with E-state index in [-0.39, 0.29) is 11.6 Å². The Morgan fingerprint density at radius 3 is 2.57 bits per heavy atom. The molecule has 1 atom stereocenters. The SMILES string of the molecule is CCCNC(C)c1ccc(-c2cc(F)ccc2F)cc1Cl. The minimum Gasteiger partial charge on any atom is -0.310 e. The topological polar surface area (TPSA) is 12.0 Å². The lowest BCUT2D eigenvalue weighted by atomic mass is 10.0. The summed E-state index contributed by atoms with van der Waals surface area (Å²) in [6.07, 6.45) is 1.04. The lowest BCUT2D eigenvalue weighted by Crippen LogP contribution is -2.19. The summed E-state index contributed by atoms with van der Waals surface area (Å²) >= 11 is 6.29. The smallest absolute Gasteiger partial charge is 0.131 e. The third kappa shape index (κ3) is 3.80. The van der Waals surface area contributed by atoms with Gasteiger partial charge in [0.1, 0.15) is 11.6 Å². The summed E-state index contributed by atoms with van der Waals surface area (Å²) in [7, 11) is 0. The molecule has 0 bridgehead atoms. The molecule has 0 heterocycles. The summed E-state index contributed by atoms with van der Waals surface area (Å²) in [5, 5.41) is 3.90. The predicted octanol–water partition coefficient (Wildman–Crippen LogP) is 5.35. The van der Waals surface area contributed by atoms with Crippen molar-refractivity contribution in [1.82, 2.24) is 5.32 Å². The molecule has 0 amide bonds. The van der Waals surface area contributed by atoms with Crippen molar-refractivity contribution in [3.05, 3.63) is 58.6 Å². The van der Waals surface area contributed by atoms with Crippen molar-refractivity contribution in [2.24, 2.45) is 0 Å². The normalized spacial score (nSPS) is 12.4. The molecule has 0 saturated heterocycles. The minimum atomic E-state index is -0.468. The van der Waals surface area contributed by atoms with Gasteiger partial charge in [-0.1, -0.05) is 30.7 Å². The summed E-state index contributed by atoms with van der Waals surface area (Å²) in [6, 6.07) is 8.82. The number of benzene rings is 2. The van der Waals surface area contributed by atoms with Gasteiger partial charge in [-0.2, -0.15) is 0 Å². The van der Waals surface area contributed by atoms with E-state index >= 15 is 0 Å².